The molecule has 3 rings (SSSR count). The molecule has 6 nitrogen and oxygen atoms in total. The lowest BCUT2D eigenvalue weighted by molar-refractivity contribution is 0.00986. The normalized spacial score (nSPS) is 13.2. The third-order valence-corrected chi connectivity index (χ3v) is 15.1. The number of halogens is 1. The van der Waals surface area contributed by atoms with Gasteiger partial charge in [-0.15, -0.1) is 0 Å². The van der Waals surface area contributed by atoms with E-state index in [9.17, 15) is 13.2 Å². The number of nitrogens with zero attached hydrogens (tertiary/aromatic N) is 1. The SMILES string of the molecule is CN(C(=O)OC(C)(C)C)C(C)(C)c1ccc(S(=O)(=O)N[Si](c2ccccc2)(c2ccccc2)C(C)(C)C)cc1F. The molecule has 0 spiro atoms. The maximum absolute atomic E-state index is 15.7. The number of ether oxygens (including phenoxy) is 1. The Labute approximate surface area is 239 Å². The predicted octanol–water partition coefficient (Wildman–Crippen LogP) is 5.77. The molecule has 40 heavy (non-hydrogen) atoms. The molecule has 0 saturated heterocycles. The summed E-state index contributed by atoms with van der Waals surface area (Å²) in [5, 5.41) is 1.31. The highest BCUT2D eigenvalue weighted by Gasteiger charge is 2.51. The van der Waals surface area contributed by atoms with Crippen LogP contribution in [0.25, 0.3) is 0 Å². The van der Waals surface area contributed by atoms with Crippen molar-refractivity contribution in [1.82, 2.24) is 9.29 Å². The molecule has 0 aliphatic carbocycles. The van der Waals surface area contributed by atoms with E-state index in [1.165, 1.54) is 24.1 Å². The Hall–Kier alpha value is -3.01. The minimum atomic E-state index is -4.18. The summed E-state index contributed by atoms with van der Waals surface area (Å²) in [5.74, 6) is -0.731. The third-order valence-electron chi connectivity index (χ3n) is 7.24. The first-order valence-corrected chi connectivity index (χ1v) is 16.7. The van der Waals surface area contributed by atoms with Gasteiger partial charge in [-0.25, -0.2) is 22.0 Å². The summed E-state index contributed by atoms with van der Waals surface area (Å²) in [6.45, 7) is 14.7. The highest BCUT2D eigenvalue weighted by Crippen LogP contribution is 2.36. The first-order valence-electron chi connectivity index (χ1n) is 13.2. The van der Waals surface area contributed by atoms with Crippen molar-refractivity contribution in [2.24, 2.45) is 0 Å². The Bertz CT molecular complexity index is 1410. The maximum Gasteiger partial charge on any atom is 0.410 e. The molecule has 3 aromatic rings. The molecule has 0 aromatic heterocycles. The van der Waals surface area contributed by atoms with Crippen LogP contribution in [0, 0.1) is 5.82 Å². The van der Waals surface area contributed by atoms with Crippen molar-refractivity contribution in [2.45, 2.75) is 76.5 Å². The number of amides is 1. The average Bonchev–Trinajstić information content (AvgIpc) is 2.86. The molecule has 9 heteroatoms. The second kappa shape index (κ2) is 11.1. The van der Waals surface area contributed by atoms with E-state index in [4.69, 9.17) is 4.74 Å². The van der Waals surface area contributed by atoms with Crippen LogP contribution in [0.2, 0.25) is 5.04 Å². The van der Waals surface area contributed by atoms with Crippen molar-refractivity contribution >= 4 is 34.7 Å². The van der Waals surface area contributed by atoms with Crippen LogP contribution in [-0.4, -0.2) is 40.3 Å². The van der Waals surface area contributed by atoms with Crippen molar-refractivity contribution in [2.75, 3.05) is 7.05 Å². The standard InChI is InChI=1S/C31H41FN2O4SSi/c1-29(2,3)38-28(35)34(9)31(7,8)26-21-20-23(22-27(26)32)39(36,37)33-40(30(4,5)6,24-16-12-10-13-17-24)25-18-14-11-15-19-25/h10-22,33H,1-9H3. The van der Waals surface area contributed by atoms with Gasteiger partial charge in [-0.05, 0) is 62.2 Å². The van der Waals surface area contributed by atoms with Crippen molar-refractivity contribution in [3.05, 3.63) is 90.2 Å². The number of nitrogens with one attached hydrogen (secondary N) is 1. The highest BCUT2D eigenvalue weighted by molar-refractivity contribution is 7.91. The summed E-state index contributed by atoms with van der Waals surface area (Å²) in [6.07, 6.45) is -0.609. The van der Waals surface area contributed by atoms with Crippen LogP contribution >= 0.6 is 0 Å². The highest BCUT2D eigenvalue weighted by atomic mass is 32.2. The number of sulfonamides is 1. The smallest absolute Gasteiger partial charge is 0.410 e. The summed E-state index contributed by atoms with van der Waals surface area (Å²) in [6, 6.07) is 23.0. The minimum absolute atomic E-state index is 0.172. The van der Waals surface area contributed by atoms with E-state index in [1.807, 2.05) is 81.4 Å². The molecule has 0 aliphatic heterocycles. The average molecular weight is 585 g/mol. The molecule has 0 bridgehead atoms. The summed E-state index contributed by atoms with van der Waals surface area (Å²) < 4.78 is 52.3. The van der Waals surface area contributed by atoms with Gasteiger partial charge >= 0.3 is 6.09 Å². The van der Waals surface area contributed by atoms with Gasteiger partial charge < -0.3 is 9.64 Å². The van der Waals surface area contributed by atoms with Gasteiger partial charge in [0.2, 0.25) is 18.3 Å². The van der Waals surface area contributed by atoms with E-state index in [-0.39, 0.29) is 10.5 Å². The van der Waals surface area contributed by atoms with Gasteiger partial charge in [0, 0.05) is 12.6 Å². The Morgan fingerprint density at radius 1 is 0.825 bits per heavy atom. The van der Waals surface area contributed by atoms with Crippen LogP contribution in [0.4, 0.5) is 9.18 Å². The molecule has 0 saturated carbocycles. The third kappa shape index (κ3) is 6.32. The predicted molar refractivity (Wildman–Crippen MR) is 161 cm³/mol. The summed E-state index contributed by atoms with van der Waals surface area (Å²) >= 11 is 0. The van der Waals surface area contributed by atoms with Gasteiger partial charge in [0.1, 0.15) is 11.4 Å². The molecule has 0 aliphatic rings. The van der Waals surface area contributed by atoms with Crippen LogP contribution in [0.5, 0.6) is 0 Å². The molecule has 0 unspecified atom stereocenters. The topological polar surface area (TPSA) is 75.7 Å². The lowest BCUT2D eigenvalue weighted by atomic mass is 9.92. The minimum Gasteiger partial charge on any atom is -0.444 e. The zero-order valence-corrected chi connectivity index (χ0v) is 26.7. The van der Waals surface area contributed by atoms with Gasteiger partial charge in [-0.1, -0.05) is 87.5 Å². The van der Waals surface area contributed by atoms with Crippen molar-refractivity contribution in [1.29, 1.82) is 0 Å². The monoisotopic (exact) mass is 584 g/mol. The summed E-state index contributed by atoms with van der Waals surface area (Å²) in [4.78, 5) is 13.8. The second-order valence-electron chi connectivity index (χ2n) is 12.6. The molecule has 216 valence electrons. The first-order chi connectivity index (χ1) is 18.3. The van der Waals surface area contributed by atoms with Gasteiger partial charge in [0.25, 0.3) is 0 Å². The van der Waals surface area contributed by atoms with Crippen molar-refractivity contribution < 1.29 is 22.3 Å². The van der Waals surface area contributed by atoms with Gasteiger partial charge in [0.15, 0.2) is 0 Å². The fraction of sp³-hybridized carbons (Fsp3) is 0.387. The zero-order valence-electron chi connectivity index (χ0n) is 24.9. The molecular formula is C31H41FN2O4SSi. The summed E-state index contributed by atoms with van der Waals surface area (Å²) in [5.41, 5.74) is -1.66. The Morgan fingerprint density at radius 3 is 1.70 bits per heavy atom. The maximum atomic E-state index is 15.7. The van der Waals surface area contributed by atoms with Gasteiger partial charge in [-0.3, -0.25) is 0 Å². The number of carbonyl (C=O) groups excluding carboxylic acids is 1. The van der Waals surface area contributed by atoms with E-state index in [2.05, 4.69) is 4.39 Å². The van der Waals surface area contributed by atoms with E-state index >= 15 is 4.39 Å². The van der Waals surface area contributed by atoms with Crippen molar-refractivity contribution in [3.63, 3.8) is 0 Å². The first kappa shape index (κ1) is 31.5. The fourth-order valence-corrected chi connectivity index (χ4v) is 13.0. The molecular weight excluding hydrogens is 544 g/mol. The van der Waals surface area contributed by atoms with E-state index in [1.54, 1.807) is 34.6 Å². The Balaban J connectivity index is 2.10. The molecule has 0 radical (unpaired) electrons. The van der Waals surface area contributed by atoms with Crippen molar-refractivity contribution in [3.8, 4) is 0 Å². The van der Waals surface area contributed by atoms with Gasteiger partial charge in [-0.2, -0.15) is 0 Å². The van der Waals surface area contributed by atoms with Crippen LogP contribution in [0.1, 0.15) is 61.0 Å². The molecule has 0 heterocycles. The molecule has 1 amide bonds. The van der Waals surface area contributed by atoms with Crippen LogP contribution in [0.15, 0.2) is 83.8 Å². The Morgan fingerprint density at radius 2 is 1.30 bits per heavy atom. The van der Waals surface area contributed by atoms with Gasteiger partial charge in [0.05, 0.1) is 10.4 Å². The number of benzene rings is 3. The lowest BCUT2D eigenvalue weighted by Crippen LogP contribution is -2.74. The van der Waals surface area contributed by atoms with Crippen LogP contribution < -0.4 is 14.8 Å². The quantitative estimate of drug-likeness (QED) is 0.358. The van der Waals surface area contributed by atoms with E-state index in [0.717, 1.165) is 16.4 Å². The van der Waals surface area contributed by atoms with E-state index in [0.29, 0.717) is 0 Å². The van der Waals surface area contributed by atoms with Crippen LogP contribution in [-0.2, 0) is 20.3 Å². The zero-order chi connectivity index (χ0) is 30.1. The largest absolute Gasteiger partial charge is 0.444 e. The Kier molecular flexibility index (Phi) is 8.75. The van der Waals surface area contributed by atoms with Crippen LogP contribution in [0.3, 0.4) is 0 Å². The number of hydrogen-bond donors (Lipinski definition) is 1. The number of hydrogen-bond acceptors (Lipinski definition) is 4. The molecule has 3 aromatic carbocycles. The molecule has 0 fully saturated rings. The number of rotatable bonds is 7. The molecule has 1 N–H and O–H groups in total. The molecule has 0 atom stereocenters. The van der Waals surface area contributed by atoms with E-state index < -0.39 is 46.3 Å². The fourth-order valence-electron chi connectivity index (χ4n) is 4.84. The lowest BCUT2D eigenvalue weighted by Gasteiger charge is -2.43. The number of carbonyl (C=O) groups is 1. The second-order valence-corrected chi connectivity index (χ2v) is 19.0. The summed E-state index contributed by atoms with van der Waals surface area (Å²) in [7, 11) is -5.87.